The molecule has 4 nitrogen and oxygen atoms in total. The summed E-state index contributed by atoms with van der Waals surface area (Å²) in [4.78, 5) is 0.200. The van der Waals surface area contributed by atoms with Crippen LogP contribution < -0.4 is 5.73 Å². The van der Waals surface area contributed by atoms with E-state index in [0.717, 1.165) is 0 Å². The van der Waals surface area contributed by atoms with Crippen molar-refractivity contribution in [1.29, 1.82) is 0 Å². The van der Waals surface area contributed by atoms with Crippen molar-refractivity contribution in [3.63, 3.8) is 0 Å². The molecule has 0 unspecified atom stereocenters. The van der Waals surface area contributed by atoms with Gasteiger partial charge >= 0.3 is 0 Å². The molecule has 6 heteroatoms. The molecule has 0 radical (unpaired) electrons. The molecule has 0 aromatic carbocycles. The van der Waals surface area contributed by atoms with Crippen molar-refractivity contribution in [2.24, 2.45) is 5.73 Å². The smallest absolute Gasteiger partial charge is 0.214 e. The van der Waals surface area contributed by atoms with Crippen molar-refractivity contribution >= 4 is 27.2 Å². The molecule has 0 fully saturated rings. The third-order valence-corrected chi connectivity index (χ3v) is 3.73. The molecule has 0 spiro atoms. The predicted octanol–water partition coefficient (Wildman–Crippen LogP) is 0.333. The molecule has 0 rings (SSSR count). The van der Waals surface area contributed by atoms with Crippen molar-refractivity contribution in [3.8, 4) is 0 Å². The molecular weight excluding hydrogens is 208 g/mol. The average Bonchev–Trinajstić information content (AvgIpc) is 1.99. The number of nitrogens with zero attached hydrogens (tertiary/aromatic N) is 1. The zero-order chi connectivity index (χ0) is 10.6. The summed E-state index contributed by atoms with van der Waals surface area (Å²) in [6, 6.07) is -0.105. The summed E-state index contributed by atoms with van der Waals surface area (Å²) >= 11 is 4.68. The van der Waals surface area contributed by atoms with Crippen molar-refractivity contribution in [3.05, 3.63) is 0 Å². The minimum absolute atomic E-state index is 0.0772. The Hall–Kier alpha value is -0.200. The van der Waals surface area contributed by atoms with Gasteiger partial charge in [-0.25, -0.2) is 8.42 Å². The number of thiocarbonyl (C=S) groups is 1. The summed E-state index contributed by atoms with van der Waals surface area (Å²) in [6.45, 7) is 5.32. The van der Waals surface area contributed by atoms with Gasteiger partial charge in [-0.3, -0.25) is 0 Å². The van der Waals surface area contributed by atoms with Crippen molar-refractivity contribution in [1.82, 2.24) is 4.31 Å². The first kappa shape index (κ1) is 12.8. The van der Waals surface area contributed by atoms with E-state index in [2.05, 4.69) is 12.2 Å². The Balaban J connectivity index is 4.72. The minimum Gasteiger partial charge on any atom is -0.392 e. The van der Waals surface area contributed by atoms with Gasteiger partial charge in [-0.15, -0.1) is 0 Å². The Morgan fingerprint density at radius 1 is 1.54 bits per heavy atom. The fraction of sp³-hybridized carbons (Fsp3) is 0.857. The van der Waals surface area contributed by atoms with Gasteiger partial charge in [0, 0.05) is 6.04 Å². The summed E-state index contributed by atoms with van der Waals surface area (Å²) in [7, 11) is -3.19. The van der Waals surface area contributed by atoms with E-state index in [1.165, 1.54) is 4.31 Å². The van der Waals surface area contributed by atoms with E-state index in [1.807, 2.05) is 0 Å². The highest BCUT2D eigenvalue weighted by Crippen LogP contribution is 2.06. The highest BCUT2D eigenvalue weighted by molar-refractivity contribution is 7.89. The van der Waals surface area contributed by atoms with Crippen LogP contribution in [0.4, 0.5) is 0 Å². The van der Waals surface area contributed by atoms with Crippen LogP contribution in [0.5, 0.6) is 0 Å². The molecule has 0 saturated heterocycles. The predicted molar refractivity (Wildman–Crippen MR) is 58.1 cm³/mol. The van der Waals surface area contributed by atoms with Gasteiger partial charge in [0.15, 0.2) is 0 Å². The summed E-state index contributed by atoms with van der Waals surface area (Å²) in [5.74, 6) is 0.0772. The normalized spacial score (nSPS) is 12.4. The fourth-order valence-electron chi connectivity index (χ4n) is 0.922. The Morgan fingerprint density at radius 2 is 2.00 bits per heavy atom. The first-order chi connectivity index (χ1) is 5.81. The van der Waals surface area contributed by atoms with Crippen LogP contribution in [0.1, 0.15) is 20.8 Å². The number of hydrogen-bond acceptors (Lipinski definition) is 3. The summed E-state index contributed by atoms with van der Waals surface area (Å²) < 4.78 is 24.3. The molecule has 0 aromatic heterocycles. The molecular formula is C7H16N2O2S2. The van der Waals surface area contributed by atoms with Gasteiger partial charge in [-0.2, -0.15) is 4.31 Å². The highest BCUT2D eigenvalue weighted by Gasteiger charge is 2.23. The maximum atomic E-state index is 11.5. The van der Waals surface area contributed by atoms with Gasteiger partial charge in [0.25, 0.3) is 0 Å². The zero-order valence-corrected chi connectivity index (χ0v) is 9.78. The molecule has 0 atom stereocenters. The van der Waals surface area contributed by atoms with Crippen LogP contribution in [-0.2, 0) is 10.0 Å². The largest absolute Gasteiger partial charge is 0.392 e. The van der Waals surface area contributed by atoms with Gasteiger partial charge in [0.1, 0.15) is 0 Å². The van der Waals surface area contributed by atoms with Crippen molar-refractivity contribution in [2.45, 2.75) is 26.8 Å². The monoisotopic (exact) mass is 224 g/mol. The van der Waals surface area contributed by atoms with Crippen LogP contribution in [0.15, 0.2) is 0 Å². The molecule has 0 amide bonds. The lowest BCUT2D eigenvalue weighted by atomic mass is 10.4. The quantitative estimate of drug-likeness (QED) is 0.684. The van der Waals surface area contributed by atoms with Crippen LogP contribution in [0, 0.1) is 0 Å². The second-order valence-corrected chi connectivity index (χ2v) is 5.74. The number of sulfonamides is 1. The lowest BCUT2D eigenvalue weighted by molar-refractivity contribution is 0.391. The molecule has 0 aliphatic heterocycles. The molecule has 0 aliphatic carbocycles. The average molecular weight is 224 g/mol. The van der Waals surface area contributed by atoms with Crippen LogP contribution >= 0.6 is 12.2 Å². The maximum absolute atomic E-state index is 11.5. The first-order valence-electron chi connectivity index (χ1n) is 4.09. The molecule has 0 saturated carbocycles. The third kappa shape index (κ3) is 4.02. The van der Waals surface area contributed by atoms with Crippen LogP contribution in [0.3, 0.4) is 0 Å². The van der Waals surface area contributed by atoms with E-state index < -0.39 is 10.0 Å². The Kier molecular flexibility index (Phi) is 4.80. The molecule has 78 valence electrons. The topological polar surface area (TPSA) is 63.4 Å². The minimum atomic E-state index is -3.19. The lowest BCUT2D eigenvalue weighted by Crippen LogP contribution is -2.42. The van der Waals surface area contributed by atoms with Crippen LogP contribution in [-0.4, -0.2) is 36.1 Å². The Bertz CT molecular complexity index is 272. The Morgan fingerprint density at radius 3 is 2.23 bits per heavy atom. The third-order valence-electron chi connectivity index (χ3n) is 1.61. The van der Waals surface area contributed by atoms with E-state index in [0.29, 0.717) is 0 Å². The SMILES string of the molecule is CCS(=O)(=O)N(CC(N)=S)C(C)C. The Labute approximate surface area is 85.1 Å². The first-order valence-corrected chi connectivity index (χ1v) is 6.10. The van der Waals surface area contributed by atoms with E-state index >= 15 is 0 Å². The van der Waals surface area contributed by atoms with Crippen LogP contribution in [0.2, 0.25) is 0 Å². The van der Waals surface area contributed by atoms with Gasteiger partial charge in [-0.1, -0.05) is 12.2 Å². The van der Waals surface area contributed by atoms with Gasteiger partial charge in [-0.05, 0) is 20.8 Å². The molecule has 0 heterocycles. The molecule has 0 aromatic rings. The lowest BCUT2D eigenvalue weighted by Gasteiger charge is -2.24. The second kappa shape index (κ2) is 4.88. The maximum Gasteiger partial charge on any atom is 0.214 e. The van der Waals surface area contributed by atoms with Crippen molar-refractivity contribution < 1.29 is 8.42 Å². The van der Waals surface area contributed by atoms with Gasteiger partial charge in [0.2, 0.25) is 10.0 Å². The van der Waals surface area contributed by atoms with E-state index in [4.69, 9.17) is 5.73 Å². The fourth-order valence-corrected chi connectivity index (χ4v) is 2.45. The summed E-state index contributed by atoms with van der Waals surface area (Å²) in [6.07, 6.45) is 0. The summed E-state index contributed by atoms with van der Waals surface area (Å²) in [5, 5.41) is 0. The number of rotatable bonds is 5. The highest BCUT2D eigenvalue weighted by atomic mass is 32.2. The molecule has 0 aliphatic rings. The van der Waals surface area contributed by atoms with Crippen LogP contribution in [0.25, 0.3) is 0 Å². The molecule has 2 N–H and O–H groups in total. The standard InChI is InChI=1S/C7H16N2O2S2/c1-4-13(10,11)9(6(2)3)5-7(8)12/h6H,4-5H2,1-3H3,(H2,8,12). The van der Waals surface area contributed by atoms with E-state index in [1.54, 1.807) is 20.8 Å². The molecule has 13 heavy (non-hydrogen) atoms. The summed E-state index contributed by atoms with van der Waals surface area (Å²) in [5.41, 5.74) is 5.31. The second-order valence-electron chi connectivity index (χ2n) is 3.01. The van der Waals surface area contributed by atoms with E-state index in [-0.39, 0.29) is 23.3 Å². The van der Waals surface area contributed by atoms with Gasteiger partial charge < -0.3 is 5.73 Å². The van der Waals surface area contributed by atoms with Gasteiger partial charge in [0.05, 0.1) is 17.3 Å². The van der Waals surface area contributed by atoms with Crippen molar-refractivity contribution in [2.75, 3.05) is 12.3 Å². The number of hydrogen-bond donors (Lipinski definition) is 1. The zero-order valence-electron chi connectivity index (χ0n) is 8.15. The molecule has 0 bridgehead atoms. The number of nitrogens with two attached hydrogens (primary N) is 1. The van der Waals surface area contributed by atoms with E-state index in [9.17, 15) is 8.42 Å².